The molecule has 0 rings (SSSR count). The van der Waals surface area contributed by atoms with Crippen LogP contribution in [0.2, 0.25) is 0 Å². The van der Waals surface area contributed by atoms with Gasteiger partial charge in [-0.15, -0.1) is 0 Å². The van der Waals surface area contributed by atoms with E-state index < -0.39 is 24.3 Å². The molecule has 0 aromatic carbocycles. The van der Waals surface area contributed by atoms with E-state index in [9.17, 15) is 19.5 Å². The number of unbranched alkanes of at least 4 members (excludes halogenated alkanes) is 19. The molecule has 9 nitrogen and oxygen atoms in total. The minimum atomic E-state index is -1.51. The monoisotopic (exact) mass is 819 g/mol. The number of aliphatic carboxylic acids is 1. The van der Waals surface area contributed by atoms with E-state index in [1.54, 1.807) is 0 Å². The van der Waals surface area contributed by atoms with Gasteiger partial charge >= 0.3 is 17.9 Å². The molecular formula is C49H88NO8+. The van der Waals surface area contributed by atoms with Crippen molar-refractivity contribution in [2.24, 2.45) is 0 Å². The fourth-order valence-electron chi connectivity index (χ4n) is 6.12. The van der Waals surface area contributed by atoms with Crippen LogP contribution in [0.1, 0.15) is 187 Å². The summed E-state index contributed by atoms with van der Waals surface area (Å²) < 4.78 is 22.7. The Morgan fingerprint density at radius 2 is 0.948 bits per heavy atom. The van der Waals surface area contributed by atoms with Gasteiger partial charge in [0.05, 0.1) is 34.4 Å². The number of hydrogen-bond acceptors (Lipinski definition) is 7. The molecule has 0 spiro atoms. The maximum absolute atomic E-state index is 12.8. The number of carboxylic acid groups (broad SMARTS) is 1. The van der Waals surface area contributed by atoms with Crippen molar-refractivity contribution in [1.29, 1.82) is 0 Å². The van der Waals surface area contributed by atoms with Crippen LogP contribution in [0.25, 0.3) is 0 Å². The predicted molar refractivity (Wildman–Crippen MR) is 240 cm³/mol. The van der Waals surface area contributed by atoms with Crippen molar-refractivity contribution >= 4 is 17.9 Å². The zero-order chi connectivity index (χ0) is 42.8. The van der Waals surface area contributed by atoms with Crippen molar-refractivity contribution in [1.82, 2.24) is 0 Å². The normalized spacial score (nSPS) is 13.3. The standard InChI is InChI=1S/C49H87NO8/c1-6-8-10-12-14-16-18-20-22-23-24-25-26-28-30-32-34-36-38-40-47(52)58-45(44-57-49(48(53)54)55-42-41-50(3,4)5)43-56-46(51)39-37-35-33-31-29-27-21-19-17-15-13-11-9-7-2/h13-16,19-22,45,49H,6-12,17-18,23-44H2,1-5H3/p+1/b15-13-,16-14-,21-19-,22-20-. The number of nitrogens with zero attached hydrogens (tertiary/aromatic N) is 1. The molecule has 0 aliphatic rings. The van der Waals surface area contributed by atoms with Crippen molar-refractivity contribution in [2.75, 3.05) is 47.5 Å². The van der Waals surface area contributed by atoms with Gasteiger partial charge in [0.1, 0.15) is 13.2 Å². The number of carbonyl (C=O) groups is 3. The van der Waals surface area contributed by atoms with E-state index in [2.05, 4.69) is 62.5 Å². The van der Waals surface area contributed by atoms with Crippen molar-refractivity contribution in [3.05, 3.63) is 48.6 Å². The molecule has 0 saturated heterocycles. The molecule has 0 saturated carbocycles. The number of hydrogen-bond donors (Lipinski definition) is 1. The molecule has 58 heavy (non-hydrogen) atoms. The highest BCUT2D eigenvalue weighted by Crippen LogP contribution is 2.14. The summed E-state index contributed by atoms with van der Waals surface area (Å²) >= 11 is 0. The van der Waals surface area contributed by atoms with Crippen LogP contribution in [0.4, 0.5) is 0 Å². The van der Waals surface area contributed by atoms with Gasteiger partial charge in [-0.25, -0.2) is 4.79 Å². The van der Waals surface area contributed by atoms with Gasteiger partial charge in [-0.05, 0) is 70.6 Å². The smallest absolute Gasteiger partial charge is 0.361 e. The fourth-order valence-corrected chi connectivity index (χ4v) is 6.12. The van der Waals surface area contributed by atoms with Crippen molar-refractivity contribution in [3.8, 4) is 0 Å². The van der Waals surface area contributed by atoms with Crippen molar-refractivity contribution in [2.45, 2.75) is 200 Å². The molecule has 0 aliphatic heterocycles. The number of rotatable bonds is 42. The quantitative estimate of drug-likeness (QED) is 0.0213. The van der Waals surface area contributed by atoms with E-state index >= 15 is 0 Å². The number of allylic oxidation sites excluding steroid dienone is 8. The highest BCUT2D eigenvalue weighted by molar-refractivity contribution is 5.71. The third-order valence-corrected chi connectivity index (χ3v) is 9.81. The second-order valence-corrected chi connectivity index (χ2v) is 16.7. The molecule has 1 N–H and O–H groups in total. The molecule has 0 aromatic rings. The van der Waals surface area contributed by atoms with Crippen LogP contribution in [0, 0.1) is 0 Å². The summed E-state index contributed by atoms with van der Waals surface area (Å²) in [4.78, 5) is 37.1. The molecule has 0 bridgehead atoms. The summed E-state index contributed by atoms with van der Waals surface area (Å²) in [6.45, 7) is 4.78. The molecule has 0 radical (unpaired) electrons. The van der Waals surface area contributed by atoms with Gasteiger partial charge in [-0.2, -0.15) is 0 Å². The van der Waals surface area contributed by atoms with E-state index in [-0.39, 0.29) is 38.6 Å². The first kappa shape index (κ1) is 55.2. The van der Waals surface area contributed by atoms with Crippen LogP contribution in [-0.4, -0.2) is 87.4 Å². The zero-order valence-corrected chi connectivity index (χ0v) is 37.9. The maximum atomic E-state index is 12.8. The molecule has 336 valence electrons. The number of likely N-dealkylation sites (N-methyl/N-ethyl adjacent to an activating group) is 1. The molecule has 0 amide bonds. The third kappa shape index (κ3) is 41.4. The molecule has 0 aromatic heterocycles. The van der Waals surface area contributed by atoms with Gasteiger partial charge in [0.15, 0.2) is 6.10 Å². The summed E-state index contributed by atoms with van der Waals surface area (Å²) in [5, 5.41) is 9.64. The van der Waals surface area contributed by atoms with Gasteiger partial charge in [-0.3, -0.25) is 9.59 Å². The Hall–Kier alpha value is -2.75. The second-order valence-electron chi connectivity index (χ2n) is 16.7. The largest absolute Gasteiger partial charge is 0.477 e. The Labute approximate surface area is 355 Å². The molecule has 0 fully saturated rings. The summed E-state index contributed by atoms with van der Waals surface area (Å²) in [5.41, 5.74) is 0. The van der Waals surface area contributed by atoms with E-state index in [4.69, 9.17) is 18.9 Å². The number of carbonyl (C=O) groups excluding carboxylic acids is 2. The van der Waals surface area contributed by atoms with Gasteiger partial charge in [0, 0.05) is 12.8 Å². The van der Waals surface area contributed by atoms with E-state index in [1.165, 1.54) is 77.0 Å². The predicted octanol–water partition coefficient (Wildman–Crippen LogP) is 12.4. The van der Waals surface area contributed by atoms with E-state index in [1.807, 2.05) is 21.1 Å². The summed E-state index contributed by atoms with van der Waals surface area (Å²) in [6, 6.07) is 0. The summed E-state index contributed by atoms with van der Waals surface area (Å²) in [5.74, 6) is -2.03. The lowest BCUT2D eigenvalue weighted by Crippen LogP contribution is -2.40. The Kier molecular flexibility index (Phi) is 39.1. The molecule has 0 heterocycles. The molecule has 9 heteroatoms. The number of esters is 2. The second kappa shape index (κ2) is 41.0. The lowest BCUT2D eigenvalue weighted by Gasteiger charge is -2.25. The summed E-state index contributed by atoms with van der Waals surface area (Å²) in [6.07, 6.45) is 44.5. The van der Waals surface area contributed by atoms with Crippen LogP contribution < -0.4 is 0 Å². The number of carboxylic acids is 1. The van der Waals surface area contributed by atoms with Gasteiger partial charge in [0.25, 0.3) is 6.29 Å². The molecule has 0 aliphatic carbocycles. The molecule has 2 atom stereocenters. The minimum absolute atomic E-state index is 0.183. The minimum Gasteiger partial charge on any atom is -0.477 e. The average Bonchev–Trinajstić information content (AvgIpc) is 3.18. The third-order valence-electron chi connectivity index (χ3n) is 9.81. The maximum Gasteiger partial charge on any atom is 0.361 e. The van der Waals surface area contributed by atoms with E-state index in [0.29, 0.717) is 17.4 Å². The first-order chi connectivity index (χ1) is 28.1. The molecule has 2 unspecified atom stereocenters. The summed E-state index contributed by atoms with van der Waals surface area (Å²) in [7, 11) is 5.95. The molecular weight excluding hydrogens is 731 g/mol. The van der Waals surface area contributed by atoms with Gasteiger partial charge in [-0.1, -0.05) is 152 Å². The fraction of sp³-hybridized carbons (Fsp3) is 0.776. The topological polar surface area (TPSA) is 108 Å². The highest BCUT2D eigenvalue weighted by atomic mass is 16.7. The van der Waals surface area contributed by atoms with Crippen LogP contribution in [0.3, 0.4) is 0 Å². The Balaban J connectivity index is 4.43. The lowest BCUT2D eigenvalue weighted by molar-refractivity contribution is -0.870. The SMILES string of the molecule is CCCC/C=C\C/C=C\CCCCCCCC(=O)OCC(COC(OCC[N+](C)(C)C)C(=O)O)OC(=O)CCCCCCCCCCC/C=C\C/C=C\CCCCC. The highest BCUT2D eigenvalue weighted by Gasteiger charge is 2.25. The first-order valence-electron chi connectivity index (χ1n) is 23.3. The van der Waals surface area contributed by atoms with Gasteiger partial charge in [0.2, 0.25) is 0 Å². The van der Waals surface area contributed by atoms with Crippen molar-refractivity contribution < 1.29 is 42.9 Å². The Bertz CT molecular complexity index is 1090. The van der Waals surface area contributed by atoms with E-state index in [0.717, 1.165) is 77.0 Å². The van der Waals surface area contributed by atoms with Crippen molar-refractivity contribution in [3.63, 3.8) is 0 Å². The van der Waals surface area contributed by atoms with Crippen LogP contribution in [-0.2, 0) is 33.3 Å². The Morgan fingerprint density at radius 3 is 1.41 bits per heavy atom. The number of quaternary nitrogens is 1. The lowest BCUT2D eigenvalue weighted by atomic mass is 10.1. The average molecular weight is 819 g/mol. The number of ether oxygens (including phenoxy) is 4. The van der Waals surface area contributed by atoms with Gasteiger partial charge < -0.3 is 28.5 Å². The Morgan fingerprint density at radius 1 is 0.517 bits per heavy atom. The van der Waals surface area contributed by atoms with Crippen LogP contribution >= 0.6 is 0 Å². The zero-order valence-electron chi connectivity index (χ0n) is 37.9. The first-order valence-corrected chi connectivity index (χ1v) is 23.3. The van der Waals surface area contributed by atoms with Crippen LogP contribution in [0.15, 0.2) is 48.6 Å². The van der Waals surface area contributed by atoms with Crippen LogP contribution in [0.5, 0.6) is 0 Å².